The normalized spacial score (nSPS) is 11.3. The molecule has 1 aromatic heterocycles. The number of ether oxygens (including phenoxy) is 1. The minimum Gasteiger partial charge on any atom is -0.450 e. The summed E-state index contributed by atoms with van der Waals surface area (Å²) in [5.74, 6) is -1.59. The van der Waals surface area contributed by atoms with Gasteiger partial charge in [-0.25, -0.2) is 4.79 Å². The third kappa shape index (κ3) is 5.49. The van der Waals surface area contributed by atoms with Gasteiger partial charge in [0.25, 0.3) is 5.91 Å². The fourth-order valence-electron chi connectivity index (χ4n) is 2.18. The number of hydrogen-bond donors (Lipinski definition) is 1. The number of carbonyl (C=O) groups is 3. The third-order valence-corrected chi connectivity index (χ3v) is 3.56. The number of rotatable bonds is 5. The Kier molecular flexibility index (Phi) is 5.92. The van der Waals surface area contributed by atoms with Crippen molar-refractivity contribution < 1.29 is 23.5 Å². The van der Waals surface area contributed by atoms with Crippen LogP contribution >= 0.6 is 11.6 Å². The van der Waals surface area contributed by atoms with Crippen molar-refractivity contribution in [3.8, 4) is 0 Å². The van der Waals surface area contributed by atoms with Crippen molar-refractivity contribution in [1.29, 1.82) is 0 Å². The van der Waals surface area contributed by atoms with Crippen LogP contribution in [0.3, 0.4) is 0 Å². The second kappa shape index (κ2) is 7.78. The van der Waals surface area contributed by atoms with Crippen molar-refractivity contribution in [2.45, 2.75) is 26.3 Å². The largest absolute Gasteiger partial charge is 0.450 e. The van der Waals surface area contributed by atoms with E-state index in [0.717, 1.165) is 0 Å². The zero-order chi connectivity index (χ0) is 19.5. The van der Waals surface area contributed by atoms with Crippen LogP contribution in [-0.4, -0.2) is 48.4 Å². The summed E-state index contributed by atoms with van der Waals surface area (Å²) >= 11 is 5.89. The molecule has 0 fully saturated rings. The molecule has 0 saturated carbocycles. The fourth-order valence-corrected chi connectivity index (χ4v) is 2.37. The highest BCUT2D eigenvalue weighted by atomic mass is 35.5. The number of halogens is 1. The molecule has 0 spiro atoms. The van der Waals surface area contributed by atoms with Crippen LogP contribution in [0.4, 0.5) is 0 Å². The summed E-state index contributed by atoms with van der Waals surface area (Å²) in [4.78, 5) is 37.1. The standard InChI is InChI=1S/C18H21ClN2O5/c1-18(2,3)20-15(22)9-21(4)16(23)10-25-17(24)14-8-11-7-12(19)5-6-13(11)26-14/h5-8H,9-10H2,1-4H3,(H,20,22). The third-order valence-electron chi connectivity index (χ3n) is 3.33. The van der Waals surface area contributed by atoms with Crippen molar-refractivity contribution in [2.24, 2.45) is 0 Å². The first-order chi connectivity index (χ1) is 12.0. The van der Waals surface area contributed by atoms with Crippen molar-refractivity contribution >= 4 is 40.4 Å². The Hall–Kier alpha value is -2.54. The number of carbonyl (C=O) groups excluding carboxylic acids is 3. The van der Waals surface area contributed by atoms with Gasteiger partial charge in [0, 0.05) is 23.0 Å². The number of nitrogens with zero attached hydrogens (tertiary/aromatic N) is 1. The summed E-state index contributed by atoms with van der Waals surface area (Å²) in [6.45, 7) is 4.91. The highest BCUT2D eigenvalue weighted by molar-refractivity contribution is 6.31. The summed E-state index contributed by atoms with van der Waals surface area (Å²) in [6.07, 6.45) is 0. The zero-order valence-corrected chi connectivity index (χ0v) is 15.8. The van der Waals surface area contributed by atoms with Crippen LogP contribution in [0, 0.1) is 0 Å². The molecule has 7 nitrogen and oxygen atoms in total. The van der Waals surface area contributed by atoms with Gasteiger partial charge in [0.2, 0.25) is 11.7 Å². The lowest BCUT2D eigenvalue weighted by Crippen LogP contribution is -2.46. The van der Waals surface area contributed by atoms with Crippen LogP contribution in [-0.2, 0) is 14.3 Å². The molecule has 0 unspecified atom stereocenters. The Labute approximate surface area is 156 Å². The van der Waals surface area contributed by atoms with Crippen LogP contribution in [0.15, 0.2) is 28.7 Å². The molecular weight excluding hydrogens is 360 g/mol. The van der Waals surface area contributed by atoms with Crippen molar-refractivity contribution in [3.05, 3.63) is 35.0 Å². The topological polar surface area (TPSA) is 88.9 Å². The Morgan fingerprint density at radius 2 is 1.92 bits per heavy atom. The molecule has 0 bridgehead atoms. The molecule has 26 heavy (non-hydrogen) atoms. The first kappa shape index (κ1) is 19.8. The number of likely N-dealkylation sites (N-methyl/N-ethyl adjacent to an activating group) is 1. The van der Waals surface area contributed by atoms with Crippen LogP contribution in [0.1, 0.15) is 31.3 Å². The van der Waals surface area contributed by atoms with E-state index in [1.165, 1.54) is 18.0 Å². The molecule has 0 aliphatic heterocycles. The van der Waals surface area contributed by atoms with Gasteiger partial charge in [-0.1, -0.05) is 11.6 Å². The van der Waals surface area contributed by atoms with Gasteiger partial charge in [0.1, 0.15) is 5.58 Å². The van der Waals surface area contributed by atoms with Gasteiger partial charge in [-0.2, -0.15) is 0 Å². The summed E-state index contributed by atoms with van der Waals surface area (Å²) in [5, 5.41) is 3.92. The monoisotopic (exact) mass is 380 g/mol. The SMILES string of the molecule is CN(CC(=O)NC(C)(C)C)C(=O)COC(=O)c1cc2cc(Cl)ccc2o1. The van der Waals surface area contributed by atoms with E-state index in [2.05, 4.69) is 5.32 Å². The Balaban J connectivity index is 1.89. The van der Waals surface area contributed by atoms with E-state index < -0.39 is 24.0 Å². The first-order valence-corrected chi connectivity index (χ1v) is 8.34. The fraction of sp³-hybridized carbons (Fsp3) is 0.389. The van der Waals surface area contributed by atoms with E-state index >= 15 is 0 Å². The van der Waals surface area contributed by atoms with E-state index in [9.17, 15) is 14.4 Å². The number of hydrogen-bond acceptors (Lipinski definition) is 5. The smallest absolute Gasteiger partial charge is 0.374 e. The van der Waals surface area contributed by atoms with Crippen molar-refractivity contribution in [2.75, 3.05) is 20.2 Å². The lowest BCUT2D eigenvalue weighted by atomic mass is 10.1. The molecule has 2 amide bonds. The van der Waals surface area contributed by atoms with E-state index in [0.29, 0.717) is 16.0 Å². The maximum atomic E-state index is 12.0. The molecule has 0 radical (unpaired) electrons. The molecule has 8 heteroatoms. The first-order valence-electron chi connectivity index (χ1n) is 7.96. The maximum Gasteiger partial charge on any atom is 0.374 e. The molecule has 2 aromatic rings. The number of nitrogens with one attached hydrogen (secondary N) is 1. The van der Waals surface area contributed by atoms with Crippen LogP contribution in [0.2, 0.25) is 5.02 Å². The van der Waals surface area contributed by atoms with E-state index in [1.54, 1.807) is 18.2 Å². The van der Waals surface area contributed by atoms with Crippen LogP contribution in [0.25, 0.3) is 11.0 Å². The molecule has 0 atom stereocenters. The van der Waals surface area contributed by atoms with Gasteiger partial charge in [0.05, 0.1) is 6.54 Å². The molecule has 0 aliphatic carbocycles. The Bertz CT molecular complexity index is 838. The predicted molar refractivity (Wildman–Crippen MR) is 97.0 cm³/mol. The molecule has 1 heterocycles. The molecule has 140 valence electrons. The Morgan fingerprint density at radius 1 is 1.23 bits per heavy atom. The summed E-state index contributed by atoms with van der Waals surface area (Å²) in [6, 6.07) is 6.43. The van der Waals surface area contributed by atoms with Crippen molar-refractivity contribution in [1.82, 2.24) is 10.2 Å². The second-order valence-corrected chi connectivity index (χ2v) is 7.35. The molecule has 2 rings (SSSR count). The zero-order valence-electron chi connectivity index (χ0n) is 15.1. The molecular formula is C18H21ClN2O5. The van der Waals surface area contributed by atoms with Gasteiger partial charge in [-0.15, -0.1) is 0 Å². The lowest BCUT2D eigenvalue weighted by molar-refractivity contribution is -0.137. The second-order valence-electron chi connectivity index (χ2n) is 6.92. The van der Waals surface area contributed by atoms with Gasteiger partial charge in [-0.05, 0) is 45.0 Å². The van der Waals surface area contributed by atoms with E-state index in [1.807, 2.05) is 20.8 Å². The minimum atomic E-state index is -0.766. The van der Waals surface area contributed by atoms with Crippen LogP contribution in [0.5, 0.6) is 0 Å². The predicted octanol–water partition coefficient (Wildman–Crippen LogP) is 2.62. The summed E-state index contributed by atoms with van der Waals surface area (Å²) < 4.78 is 10.3. The molecule has 1 N–H and O–H groups in total. The summed E-state index contributed by atoms with van der Waals surface area (Å²) in [7, 11) is 1.46. The van der Waals surface area contributed by atoms with Crippen LogP contribution < -0.4 is 5.32 Å². The number of benzene rings is 1. The van der Waals surface area contributed by atoms with Gasteiger partial charge >= 0.3 is 5.97 Å². The highest BCUT2D eigenvalue weighted by Gasteiger charge is 2.20. The van der Waals surface area contributed by atoms with Gasteiger partial charge in [-0.3, -0.25) is 9.59 Å². The highest BCUT2D eigenvalue weighted by Crippen LogP contribution is 2.23. The average Bonchev–Trinajstić information content (AvgIpc) is 2.93. The number of furan rings is 1. The minimum absolute atomic E-state index is 0.0248. The number of fused-ring (bicyclic) bond motifs is 1. The summed E-state index contributed by atoms with van der Waals surface area (Å²) in [5.41, 5.74) is 0.0982. The number of amides is 2. The molecule has 1 aromatic carbocycles. The quantitative estimate of drug-likeness (QED) is 0.805. The average molecular weight is 381 g/mol. The maximum absolute atomic E-state index is 12.0. The number of esters is 1. The van der Waals surface area contributed by atoms with Crippen molar-refractivity contribution in [3.63, 3.8) is 0 Å². The Morgan fingerprint density at radius 3 is 2.58 bits per heavy atom. The lowest BCUT2D eigenvalue weighted by Gasteiger charge is -2.23. The molecule has 0 saturated heterocycles. The van der Waals surface area contributed by atoms with E-state index in [4.69, 9.17) is 20.8 Å². The molecule has 0 aliphatic rings. The van der Waals surface area contributed by atoms with Gasteiger partial charge in [0.15, 0.2) is 6.61 Å². The van der Waals surface area contributed by atoms with Gasteiger partial charge < -0.3 is 19.4 Å². The van der Waals surface area contributed by atoms with E-state index in [-0.39, 0.29) is 18.2 Å².